The zero-order valence-electron chi connectivity index (χ0n) is 15.0. The molecule has 2 aromatic carbocycles. The number of carbonyl (C=O) groups is 1. The molecule has 0 radical (unpaired) electrons. The van der Waals surface area contributed by atoms with E-state index in [1.54, 1.807) is 6.21 Å². The van der Waals surface area contributed by atoms with E-state index in [0.717, 1.165) is 47.3 Å². The number of hydrazone groups is 1. The lowest BCUT2D eigenvalue weighted by Crippen LogP contribution is -2.17. The van der Waals surface area contributed by atoms with Gasteiger partial charge in [-0.3, -0.25) is 4.79 Å². The maximum absolute atomic E-state index is 13.0. The second kappa shape index (κ2) is 8.39. The molecule has 0 aliphatic heterocycles. The minimum absolute atomic E-state index is 0.359. The lowest BCUT2D eigenvalue weighted by Gasteiger charge is -2.15. The molecule has 1 aromatic heterocycles. The molecule has 7 heteroatoms. The Kier molecular flexibility index (Phi) is 5.53. The second-order valence-electron chi connectivity index (χ2n) is 6.41. The summed E-state index contributed by atoms with van der Waals surface area (Å²) in [5, 5.41) is 4.70. The van der Waals surface area contributed by atoms with Crippen molar-refractivity contribution >= 4 is 35.0 Å². The molecule has 28 heavy (non-hydrogen) atoms. The Morgan fingerprint density at radius 2 is 1.93 bits per heavy atom. The zero-order chi connectivity index (χ0) is 19.3. The number of hydrogen-bond donors (Lipinski definition) is 1. The molecule has 5 nitrogen and oxygen atoms in total. The van der Waals surface area contributed by atoms with Crippen LogP contribution < -0.4 is 5.43 Å². The molecule has 1 heterocycles. The normalized spacial score (nSPS) is 14.8. The number of carbonyl (C=O) groups excluding carboxylic acids is 1. The van der Waals surface area contributed by atoms with Gasteiger partial charge in [0, 0.05) is 5.56 Å². The highest BCUT2D eigenvalue weighted by molar-refractivity contribution is 8.02. The van der Waals surface area contributed by atoms with Crippen LogP contribution in [0.1, 0.15) is 36.0 Å². The number of allylic oxidation sites excluding steroid dienone is 2. The van der Waals surface area contributed by atoms with E-state index >= 15 is 0 Å². The largest absolute Gasteiger partial charge is 0.431 e. The van der Waals surface area contributed by atoms with Crippen molar-refractivity contribution in [3.8, 4) is 0 Å². The van der Waals surface area contributed by atoms with Crippen LogP contribution in [-0.4, -0.2) is 17.1 Å². The highest BCUT2D eigenvalue weighted by Gasteiger charge is 2.16. The number of para-hydroxylation sites is 2. The van der Waals surface area contributed by atoms with E-state index in [1.807, 2.05) is 24.3 Å². The highest BCUT2D eigenvalue weighted by atomic mass is 32.2. The highest BCUT2D eigenvalue weighted by Crippen LogP contribution is 2.37. The van der Waals surface area contributed by atoms with E-state index in [1.165, 1.54) is 36.0 Å². The van der Waals surface area contributed by atoms with Crippen LogP contribution in [0.5, 0.6) is 0 Å². The molecular formula is C21H18FN3O2S. The van der Waals surface area contributed by atoms with Gasteiger partial charge in [-0.2, -0.15) is 5.10 Å². The quantitative estimate of drug-likeness (QED) is 0.470. The molecule has 3 aromatic rings. The first-order valence-electron chi connectivity index (χ1n) is 9.03. The van der Waals surface area contributed by atoms with Gasteiger partial charge in [-0.05, 0) is 84.3 Å². The number of halogens is 1. The van der Waals surface area contributed by atoms with Crippen LogP contribution in [0.15, 0.2) is 73.8 Å². The first kappa shape index (κ1) is 18.4. The van der Waals surface area contributed by atoms with Gasteiger partial charge in [0.1, 0.15) is 11.3 Å². The third-order valence-corrected chi connectivity index (χ3v) is 5.50. The SMILES string of the molecule is O=C(N/N=C/C1=C(Sc2nc3ccccc3o2)CCCC1)c1ccc(F)cc1. The molecule has 1 N–H and O–H groups in total. The van der Waals surface area contributed by atoms with Crippen molar-refractivity contribution in [2.45, 2.75) is 30.9 Å². The first-order valence-corrected chi connectivity index (χ1v) is 9.85. The summed E-state index contributed by atoms with van der Waals surface area (Å²) in [5.41, 5.74) is 5.53. The van der Waals surface area contributed by atoms with Crippen LogP contribution in [-0.2, 0) is 0 Å². The van der Waals surface area contributed by atoms with Gasteiger partial charge in [-0.1, -0.05) is 12.1 Å². The van der Waals surface area contributed by atoms with Crippen LogP contribution >= 0.6 is 11.8 Å². The summed E-state index contributed by atoms with van der Waals surface area (Å²) in [7, 11) is 0. The number of aromatic nitrogens is 1. The third-order valence-electron chi connectivity index (χ3n) is 4.44. The van der Waals surface area contributed by atoms with Gasteiger partial charge in [0.05, 0.1) is 6.21 Å². The van der Waals surface area contributed by atoms with Crippen molar-refractivity contribution in [2.75, 3.05) is 0 Å². The van der Waals surface area contributed by atoms with Gasteiger partial charge in [0.25, 0.3) is 11.1 Å². The van der Waals surface area contributed by atoms with Crippen molar-refractivity contribution in [3.63, 3.8) is 0 Å². The Labute approximate surface area is 165 Å². The monoisotopic (exact) mass is 395 g/mol. The van der Waals surface area contributed by atoms with Crippen LogP contribution in [0.25, 0.3) is 11.1 Å². The number of fused-ring (bicyclic) bond motifs is 1. The van der Waals surface area contributed by atoms with Crippen molar-refractivity contribution in [2.24, 2.45) is 5.10 Å². The molecular weight excluding hydrogens is 377 g/mol. The Morgan fingerprint density at radius 1 is 1.14 bits per heavy atom. The fraction of sp³-hybridized carbons (Fsp3) is 0.190. The average Bonchev–Trinajstić information content (AvgIpc) is 3.12. The minimum Gasteiger partial charge on any atom is -0.431 e. The van der Waals surface area contributed by atoms with E-state index in [0.29, 0.717) is 10.8 Å². The number of hydrogen-bond acceptors (Lipinski definition) is 5. The molecule has 1 aliphatic carbocycles. The number of benzene rings is 2. The predicted octanol–water partition coefficient (Wildman–Crippen LogP) is 5.30. The fourth-order valence-corrected chi connectivity index (χ4v) is 4.01. The Bertz CT molecular complexity index is 1020. The number of nitrogens with one attached hydrogen (secondary N) is 1. The topological polar surface area (TPSA) is 67.5 Å². The van der Waals surface area contributed by atoms with Crippen molar-refractivity contribution in [1.82, 2.24) is 10.4 Å². The molecule has 0 bridgehead atoms. The third kappa shape index (κ3) is 4.31. The van der Waals surface area contributed by atoms with Crippen LogP contribution in [0.2, 0.25) is 0 Å². The summed E-state index contributed by atoms with van der Waals surface area (Å²) >= 11 is 1.51. The van der Waals surface area contributed by atoms with Gasteiger partial charge < -0.3 is 4.42 Å². The van der Waals surface area contributed by atoms with Crippen molar-refractivity contribution in [3.05, 3.63) is 70.4 Å². The summed E-state index contributed by atoms with van der Waals surface area (Å²) in [4.78, 5) is 17.7. The maximum Gasteiger partial charge on any atom is 0.271 e. The number of thioether (sulfide) groups is 1. The van der Waals surface area contributed by atoms with E-state index in [4.69, 9.17) is 4.42 Å². The summed E-state index contributed by atoms with van der Waals surface area (Å²) < 4.78 is 18.8. The minimum atomic E-state index is -0.381. The number of nitrogens with zero attached hydrogens (tertiary/aromatic N) is 2. The maximum atomic E-state index is 13.0. The lowest BCUT2D eigenvalue weighted by atomic mass is 10.0. The molecule has 0 unspecified atom stereocenters. The molecule has 4 rings (SSSR count). The lowest BCUT2D eigenvalue weighted by molar-refractivity contribution is 0.0955. The van der Waals surface area contributed by atoms with Gasteiger partial charge in [-0.15, -0.1) is 0 Å². The molecule has 0 fully saturated rings. The van der Waals surface area contributed by atoms with Crippen LogP contribution in [0.4, 0.5) is 4.39 Å². The predicted molar refractivity (Wildman–Crippen MR) is 108 cm³/mol. The van der Waals surface area contributed by atoms with Crippen molar-refractivity contribution in [1.29, 1.82) is 0 Å². The van der Waals surface area contributed by atoms with Gasteiger partial charge >= 0.3 is 0 Å². The fourth-order valence-electron chi connectivity index (χ4n) is 2.99. The molecule has 1 amide bonds. The number of amides is 1. The number of oxazole rings is 1. The molecule has 1 aliphatic rings. The smallest absolute Gasteiger partial charge is 0.271 e. The van der Waals surface area contributed by atoms with Gasteiger partial charge in [-0.25, -0.2) is 14.8 Å². The van der Waals surface area contributed by atoms with Crippen LogP contribution in [0, 0.1) is 5.82 Å². The molecule has 0 atom stereocenters. The van der Waals surface area contributed by atoms with E-state index in [-0.39, 0.29) is 11.7 Å². The molecule has 0 saturated carbocycles. The summed E-state index contributed by atoms with van der Waals surface area (Å²) in [6.45, 7) is 0. The average molecular weight is 395 g/mol. The zero-order valence-corrected chi connectivity index (χ0v) is 15.8. The summed E-state index contributed by atoms with van der Waals surface area (Å²) in [5.74, 6) is -0.755. The summed E-state index contributed by atoms with van der Waals surface area (Å²) in [6, 6.07) is 13.0. The van der Waals surface area contributed by atoms with E-state index in [9.17, 15) is 9.18 Å². The Hall–Kier alpha value is -2.93. The standard InChI is InChI=1S/C21H18FN3O2S/c22-16-11-9-14(10-12-16)20(26)25-23-13-15-5-1-4-8-19(15)28-21-24-17-6-2-3-7-18(17)27-21/h2-3,6-7,9-13H,1,4-5,8H2,(H,25,26)/b23-13+. The van der Waals surface area contributed by atoms with E-state index in [2.05, 4.69) is 15.5 Å². The molecule has 0 saturated heterocycles. The van der Waals surface area contributed by atoms with Crippen molar-refractivity contribution < 1.29 is 13.6 Å². The van der Waals surface area contributed by atoms with Gasteiger partial charge in [0.15, 0.2) is 5.58 Å². The van der Waals surface area contributed by atoms with Crippen LogP contribution in [0.3, 0.4) is 0 Å². The number of rotatable bonds is 5. The second-order valence-corrected chi connectivity index (χ2v) is 7.46. The summed E-state index contributed by atoms with van der Waals surface area (Å²) in [6.07, 6.45) is 5.67. The molecule has 142 valence electrons. The van der Waals surface area contributed by atoms with E-state index < -0.39 is 0 Å². The van der Waals surface area contributed by atoms with Gasteiger partial charge in [0.2, 0.25) is 0 Å². The molecule has 0 spiro atoms. The first-order chi connectivity index (χ1) is 13.7. The Balaban J connectivity index is 1.47. The Morgan fingerprint density at radius 3 is 2.75 bits per heavy atom.